The van der Waals surface area contributed by atoms with Crippen LogP contribution in [0, 0.1) is 39.3 Å². The van der Waals surface area contributed by atoms with Gasteiger partial charge in [-0.2, -0.15) is 0 Å². The van der Waals surface area contributed by atoms with E-state index in [-0.39, 0.29) is 218 Å². The molecule has 8 radical (unpaired) electrons. The Kier molecular flexibility index (Phi) is 101. The Morgan fingerprint density at radius 2 is 0.310 bits per heavy atom. The first-order valence-electron chi connectivity index (χ1n) is 29.9. The number of nitroso groups, excluding NO2 is 8. The smallest absolute Gasteiger partial charge is 2.00 e. The Hall–Kier alpha value is -5.02. The Labute approximate surface area is 790 Å². The maximum absolute atomic E-state index is 7.25. The van der Waals surface area contributed by atoms with Gasteiger partial charge in [-0.05, 0) is 86.6 Å². The molecule has 0 amide bonds. The first-order chi connectivity index (χ1) is 49.1. The molecule has 0 N–H and O–H groups in total. The van der Waals surface area contributed by atoms with Crippen LogP contribution in [0.4, 0.5) is 0 Å². The summed E-state index contributed by atoms with van der Waals surface area (Å²) in [7, 11) is -9.99. The van der Waals surface area contributed by atoms with Gasteiger partial charge in [0.25, 0.3) is 0 Å². The second-order valence-corrected chi connectivity index (χ2v) is 32.2. The van der Waals surface area contributed by atoms with Gasteiger partial charge in [-0.25, -0.2) is 0 Å². The molecule has 37 heteroatoms. The minimum atomic E-state index is -2.50. The number of hydrogen-bond acceptors (Lipinski definition) is 11. The molecule has 0 aliphatic carbocycles. The predicted octanol–water partition coefficient (Wildman–Crippen LogP) is 11.6. The molecule has 113 heavy (non-hydrogen) atoms. The normalized spacial score (nSPS) is 8.65. The van der Waals surface area contributed by atoms with Crippen LogP contribution in [0.1, 0.15) is 13.8 Å². The van der Waals surface area contributed by atoms with Crippen molar-refractivity contribution in [3.63, 3.8) is 0 Å². The van der Waals surface area contributed by atoms with Gasteiger partial charge in [-0.15, -0.1) is 48.3 Å². The molecule has 604 valence electrons. The third-order valence-corrected chi connectivity index (χ3v) is 31.3. The molecule has 0 heterocycles. The van der Waals surface area contributed by atoms with Crippen molar-refractivity contribution in [2.45, 2.75) is 13.8 Å². The van der Waals surface area contributed by atoms with Crippen LogP contribution in [0.25, 0.3) is 0 Å². The van der Waals surface area contributed by atoms with Crippen molar-refractivity contribution in [1.29, 1.82) is 0 Å². The molecule has 0 aliphatic rings. The second kappa shape index (κ2) is 83.5. The van der Waals surface area contributed by atoms with E-state index in [1.807, 2.05) is 13.8 Å². The average molecular weight is 2030 g/mol. The van der Waals surface area contributed by atoms with E-state index in [1.54, 1.807) is 0 Å². The van der Waals surface area contributed by atoms with E-state index in [9.17, 15) is 0 Å². The van der Waals surface area contributed by atoms with Crippen molar-refractivity contribution in [3.05, 3.63) is 403 Å². The van der Waals surface area contributed by atoms with E-state index in [0.29, 0.717) is 0 Å². The number of ether oxygens (including phenoxy) is 1. The Morgan fingerprint density at radius 1 is 0.212 bits per heavy atom. The molecule has 0 unspecified atom stereocenters. The summed E-state index contributed by atoms with van der Waals surface area (Å²) >= 11 is 0. The van der Waals surface area contributed by atoms with Gasteiger partial charge in [-0.1, -0.05) is 291 Å². The van der Waals surface area contributed by atoms with E-state index in [4.69, 9.17) is 97.8 Å². The van der Waals surface area contributed by atoms with Gasteiger partial charge in [0.1, 0.15) is 90.7 Å². The number of nitrogens with zero attached hydrogens (tertiary/aromatic N) is 10. The molecular weight excluding hydrogens is 1960 g/mol. The molecule has 0 bridgehead atoms. The second-order valence-electron chi connectivity index (χ2n) is 19.5. The molecule has 12 aromatic rings. The Bertz CT molecular complexity index is 3540. The molecule has 0 spiro atoms. The molecular formula is C76H70Fe8N10O9P4S6-6. The largest absolute Gasteiger partial charge is 2.00 e. The van der Waals surface area contributed by atoms with E-state index in [2.05, 4.69) is 364 Å². The van der Waals surface area contributed by atoms with Crippen LogP contribution in [-0.4, -0.2) is 13.2 Å². The maximum atomic E-state index is 7.25. The van der Waals surface area contributed by atoms with E-state index in [1.165, 1.54) is 63.7 Å². The summed E-state index contributed by atoms with van der Waals surface area (Å²) in [4.78, 5) is 58.0. The Morgan fingerprint density at radius 3 is 0.398 bits per heavy atom. The topological polar surface area (TPSA) is 349 Å². The average Bonchev–Trinajstić information content (AvgIpc) is 0.727. The van der Waals surface area contributed by atoms with Gasteiger partial charge in [0.2, 0.25) is 14.8 Å². The molecule has 12 rings (SSSR count). The molecule has 0 atom stereocenters. The minimum Gasteiger partial charge on any atom is -2.00 e. The van der Waals surface area contributed by atoms with Crippen molar-refractivity contribution in [2.24, 2.45) is 9.03 Å². The summed E-state index contributed by atoms with van der Waals surface area (Å²) in [6, 6.07) is 131. The van der Waals surface area contributed by atoms with E-state index < -0.39 is 28.9 Å². The Balaban J connectivity index is -0.000000118. The van der Waals surface area contributed by atoms with E-state index in [0.717, 1.165) is 13.2 Å². The van der Waals surface area contributed by atoms with Crippen LogP contribution in [0.2, 0.25) is 0 Å². The van der Waals surface area contributed by atoms with Gasteiger partial charge in [0, 0.05) is 147 Å². The van der Waals surface area contributed by atoms with Crippen molar-refractivity contribution in [3.8, 4) is 0 Å². The zero-order valence-corrected chi connectivity index (χ0v) is 76.6. The first kappa shape index (κ1) is 137. The summed E-state index contributed by atoms with van der Waals surface area (Å²) in [5.41, 5.74) is 46.0. The third kappa shape index (κ3) is 37.6. The maximum Gasteiger partial charge on any atom is 2.00 e. The third-order valence-electron chi connectivity index (χ3n) is 14.5. The SMILES string of the molecule is CCOCC.[Fe+2].[Fe+2].[Fe].[Fe].[Fe].[Fe].[Fe].[Fe].[N]=O.[N]=O.[N]=O.[N]=O.[N]=O.[N]=O.[N]=O.[N]=O.[S-2].[S-2].[S-2].[S-2].[S-2].[S-2].c1ccc(P(=N[P+](c2ccccc2)(c2ccccc2)c2ccccc2)(c2ccccc2)c2ccccc2)cc1.c1ccc(P(=N[P+](c2ccccc2)(c2ccccc2)c2ccccc2)(c2ccccc2)c2ccccc2)cc1. The van der Waals surface area contributed by atoms with Crippen LogP contribution in [0.3, 0.4) is 0 Å². The molecule has 12 aromatic carbocycles. The van der Waals surface area contributed by atoms with Crippen molar-refractivity contribution >= 4 is 174 Å². The summed E-state index contributed by atoms with van der Waals surface area (Å²) in [6.45, 7) is 5.67. The van der Waals surface area contributed by atoms with Crippen molar-refractivity contribution < 1.29 is 141 Å². The summed E-state index contributed by atoms with van der Waals surface area (Å²) in [5.74, 6) is 0. The molecule has 0 aliphatic heterocycles. The van der Waals surface area contributed by atoms with Crippen LogP contribution in [-0.2, 0) is 222 Å². The molecule has 0 aromatic heterocycles. The van der Waals surface area contributed by atoms with Crippen molar-refractivity contribution in [2.75, 3.05) is 13.2 Å². The number of benzene rings is 12. The van der Waals surface area contributed by atoms with Gasteiger partial charge in [-0.3, -0.25) is 0 Å². The number of rotatable bonds is 16. The molecule has 0 saturated heterocycles. The van der Waals surface area contributed by atoms with Gasteiger partial charge in [0.05, 0.1) is 0 Å². The van der Waals surface area contributed by atoms with Crippen LogP contribution >= 0.6 is 28.9 Å². The van der Waals surface area contributed by atoms with Gasteiger partial charge < -0.3 is 85.7 Å². The van der Waals surface area contributed by atoms with Crippen LogP contribution in [0.5, 0.6) is 0 Å². The molecule has 0 fully saturated rings. The fourth-order valence-electron chi connectivity index (χ4n) is 10.7. The van der Waals surface area contributed by atoms with Gasteiger partial charge in [0.15, 0.2) is 0 Å². The van der Waals surface area contributed by atoms with Crippen LogP contribution in [0.15, 0.2) is 373 Å². The zero-order valence-electron chi connectivity index (χ0n) is 59.3. The fourth-order valence-corrected chi connectivity index (χ4v) is 29.7. The molecule has 19 nitrogen and oxygen atoms in total. The summed E-state index contributed by atoms with van der Waals surface area (Å²) < 4.78 is 17.6. The molecule has 0 saturated carbocycles. The minimum absolute atomic E-state index is 0. The van der Waals surface area contributed by atoms with Crippen LogP contribution < -0.4 is 108 Å². The van der Waals surface area contributed by atoms with Crippen molar-refractivity contribution in [1.82, 2.24) is 44.8 Å². The first-order valence-corrected chi connectivity index (χ1v) is 36.8. The monoisotopic (exact) mass is 2030 g/mol. The number of hydrogen-bond donors (Lipinski definition) is 0. The predicted molar refractivity (Wildman–Crippen MR) is 456 cm³/mol. The summed E-state index contributed by atoms with van der Waals surface area (Å²) in [5, 5.41) is 15.1. The van der Waals surface area contributed by atoms with E-state index >= 15 is 0 Å². The van der Waals surface area contributed by atoms with Gasteiger partial charge >= 0.3 is 34.1 Å². The quantitative estimate of drug-likeness (QED) is 0.0654. The zero-order chi connectivity index (χ0) is 72.9. The summed E-state index contributed by atoms with van der Waals surface area (Å²) in [6.07, 6.45) is 0. The fraction of sp³-hybridized carbons (Fsp3) is 0.0526. The standard InChI is InChI=1S/2C36H30NP2.C4H10O.8Fe.8NO.6S/c2*1-7-19-31(20-8-1)38(32-21-9-2-10-22-32,33-23-11-3-12-24-33)37-39(34-25-13-4-14-26-34,35-27-15-5-16-28-35)36-29-17-6-18-30-36;1-3-5-4-2;;;;;;;;;8*1-2;;;;;;/h2*1-30H;3-4H2,1-2H3;;;;;;;;;;;;;;;;;;;;;;/q2*+1;;;;;;;;2*+2;;;;;;;;;6*-2.